The van der Waals surface area contributed by atoms with Crippen LogP contribution in [0, 0.1) is 6.92 Å². The number of nitrogens with one attached hydrogen (secondary N) is 1. The summed E-state index contributed by atoms with van der Waals surface area (Å²) in [5.41, 5.74) is 0.944. The van der Waals surface area contributed by atoms with Gasteiger partial charge in [-0.1, -0.05) is 13.8 Å². The molecule has 0 aliphatic carbocycles. The fourth-order valence-electron chi connectivity index (χ4n) is 1.38. The number of aryl methyl sites for hydroxylation is 1. The number of nitrogens with zero attached hydrogens (tertiary/aromatic N) is 1. The third kappa shape index (κ3) is 4.73. The van der Waals surface area contributed by atoms with Gasteiger partial charge in [0.05, 0.1) is 5.69 Å². The van der Waals surface area contributed by atoms with Gasteiger partial charge in [0.15, 0.2) is 9.84 Å². The Morgan fingerprint density at radius 1 is 1.35 bits per heavy atom. The third-order valence-corrected chi connectivity index (χ3v) is 5.37. The second-order valence-electron chi connectivity index (χ2n) is 3.97. The molecule has 0 saturated heterocycles. The van der Waals surface area contributed by atoms with Crippen molar-refractivity contribution in [3.8, 4) is 0 Å². The van der Waals surface area contributed by atoms with Gasteiger partial charge in [-0.3, -0.25) is 0 Å². The van der Waals surface area contributed by atoms with Crippen molar-refractivity contribution in [3.05, 3.63) is 15.6 Å². The zero-order valence-corrected chi connectivity index (χ0v) is 12.2. The van der Waals surface area contributed by atoms with Crippen LogP contribution in [-0.2, 0) is 22.1 Å². The Morgan fingerprint density at radius 3 is 2.65 bits per heavy atom. The molecule has 0 aliphatic rings. The molecule has 0 radical (unpaired) electrons. The maximum absolute atomic E-state index is 11.5. The average molecular weight is 276 g/mol. The first-order chi connectivity index (χ1) is 7.98. The molecule has 1 heterocycles. The Balaban J connectivity index is 2.68. The van der Waals surface area contributed by atoms with Gasteiger partial charge in [0.25, 0.3) is 0 Å². The number of rotatable bonds is 7. The highest BCUT2D eigenvalue weighted by molar-refractivity contribution is 7.90. The molecule has 4 nitrogen and oxygen atoms in total. The average Bonchev–Trinajstić information content (AvgIpc) is 2.59. The van der Waals surface area contributed by atoms with Gasteiger partial charge in [0, 0.05) is 17.2 Å². The van der Waals surface area contributed by atoms with Crippen LogP contribution < -0.4 is 5.32 Å². The molecule has 6 heteroatoms. The van der Waals surface area contributed by atoms with Crippen molar-refractivity contribution >= 4 is 21.2 Å². The topological polar surface area (TPSA) is 59.1 Å². The van der Waals surface area contributed by atoms with Gasteiger partial charge in [-0.15, -0.1) is 11.3 Å². The smallest absolute Gasteiger partial charge is 0.156 e. The Bertz CT molecular complexity index is 452. The van der Waals surface area contributed by atoms with Gasteiger partial charge in [0.1, 0.15) is 10.8 Å². The van der Waals surface area contributed by atoms with E-state index in [4.69, 9.17) is 0 Å². The van der Waals surface area contributed by atoms with Crippen molar-refractivity contribution in [2.45, 2.75) is 39.5 Å². The molecular formula is C11H20N2O2S2. The molecule has 98 valence electrons. The van der Waals surface area contributed by atoms with Crippen LogP contribution in [0.15, 0.2) is 0 Å². The monoisotopic (exact) mass is 276 g/mol. The second kappa shape index (κ2) is 6.47. The van der Waals surface area contributed by atoms with Crippen molar-refractivity contribution < 1.29 is 8.42 Å². The third-order valence-electron chi connectivity index (χ3n) is 2.43. The summed E-state index contributed by atoms with van der Waals surface area (Å²) >= 11 is 1.50. The maximum Gasteiger partial charge on any atom is 0.156 e. The Hall–Kier alpha value is -0.460. The van der Waals surface area contributed by atoms with E-state index in [1.54, 1.807) is 6.92 Å². The molecule has 1 rings (SSSR count). The largest absolute Gasteiger partial charge is 0.312 e. The lowest BCUT2D eigenvalue weighted by atomic mass is 10.4. The number of hydrogen-bond acceptors (Lipinski definition) is 5. The van der Waals surface area contributed by atoms with Gasteiger partial charge in [-0.2, -0.15) is 0 Å². The van der Waals surface area contributed by atoms with Crippen molar-refractivity contribution in [1.82, 2.24) is 10.3 Å². The van der Waals surface area contributed by atoms with E-state index in [2.05, 4.69) is 17.2 Å². The molecule has 1 N–H and O–H groups in total. The summed E-state index contributed by atoms with van der Waals surface area (Å²) in [5.74, 6) is 0.248. The predicted octanol–water partition coefficient (Wildman–Crippen LogP) is 1.89. The minimum atomic E-state index is -2.97. The molecule has 0 aromatic carbocycles. The van der Waals surface area contributed by atoms with Crippen LogP contribution in [0.5, 0.6) is 0 Å². The fourth-order valence-corrected chi connectivity index (χ4v) is 3.64. The first-order valence-corrected chi connectivity index (χ1v) is 8.48. The van der Waals surface area contributed by atoms with E-state index in [0.717, 1.165) is 30.1 Å². The zero-order chi connectivity index (χ0) is 12.9. The minimum absolute atomic E-state index is 0.0722. The quantitative estimate of drug-likeness (QED) is 0.773. The summed E-state index contributed by atoms with van der Waals surface area (Å²) in [7, 11) is -2.97. The molecule has 0 aliphatic heterocycles. The van der Waals surface area contributed by atoms with Crippen LogP contribution in [0.4, 0.5) is 0 Å². The van der Waals surface area contributed by atoms with E-state index < -0.39 is 9.84 Å². The van der Waals surface area contributed by atoms with Crippen LogP contribution in [0.3, 0.4) is 0 Å². The molecule has 1 aromatic heterocycles. The van der Waals surface area contributed by atoms with Gasteiger partial charge in [-0.25, -0.2) is 13.4 Å². The summed E-state index contributed by atoms with van der Waals surface area (Å²) in [6.07, 6.45) is 1.09. The van der Waals surface area contributed by atoms with Crippen LogP contribution >= 0.6 is 11.3 Å². The van der Waals surface area contributed by atoms with Crippen molar-refractivity contribution in [2.24, 2.45) is 0 Å². The van der Waals surface area contributed by atoms with E-state index in [0.29, 0.717) is 5.01 Å². The van der Waals surface area contributed by atoms with Gasteiger partial charge < -0.3 is 5.32 Å². The highest BCUT2D eigenvalue weighted by Crippen LogP contribution is 2.20. The van der Waals surface area contributed by atoms with E-state index in [1.165, 1.54) is 11.3 Å². The van der Waals surface area contributed by atoms with E-state index in [9.17, 15) is 8.42 Å². The number of aromatic nitrogens is 1. The van der Waals surface area contributed by atoms with E-state index in [1.807, 2.05) is 6.92 Å². The number of sulfone groups is 1. The van der Waals surface area contributed by atoms with Crippen LogP contribution in [0.25, 0.3) is 0 Å². The highest BCUT2D eigenvalue weighted by atomic mass is 32.2. The normalized spacial score (nSPS) is 11.9. The molecule has 0 unspecified atom stereocenters. The minimum Gasteiger partial charge on any atom is -0.312 e. The van der Waals surface area contributed by atoms with Crippen molar-refractivity contribution in [3.63, 3.8) is 0 Å². The van der Waals surface area contributed by atoms with E-state index >= 15 is 0 Å². The molecule has 0 bridgehead atoms. The summed E-state index contributed by atoms with van der Waals surface area (Å²) in [6, 6.07) is 0. The molecule has 0 atom stereocenters. The van der Waals surface area contributed by atoms with Gasteiger partial charge in [-0.05, 0) is 19.9 Å². The molecule has 17 heavy (non-hydrogen) atoms. The van der Waals surface area contributed by atoms with Crippen molar-refractivity contribution in [1.29, 1.82) is 0 Å². The Kier molecular flexibility index (Phi) is 5.55. The molecule has 0 fully saturated rings. The lowest BCUT2D eigenvalue weighted by Gasteiger charge is -1.99. The van der Waals surface area contributed by atoms with E-state index in [-0.39, 0.29) is 11.5 Å². The van der Waals surface area contributed by atoms with Crippen molar-refractivity contribution in [2.75, 3.05) is 12.3 Å². The lowest BCUT2D eigenvalue weighted by Crippen LogP contribution is -2.13. The summed E-state index contributed by atoms with van der Waals surface area (Å²) in [4.78, 5) is 5.46. The Labute approximate surface area is 107 Å². The van der Waals surface area contributed by atoms with Crippen LogP contribution in [0.2, 0.25) is 0 Å². The maximum atomic E-state index is 11.5. The zero-order valence-electron chi connectivity index (χ0n) is 10.6. The fraction of sp³-hybridized carbons (Fsp3) is 0.727. The van der Waals surface area contributed by atoms with Gasteiger partial charge >= 0.3 is 0 Å². The molecular weight excluding hydrogens is 256 g/mol. The number of hydrogen-bond donors (Lipinski definition) is 1. The summed E-state index contributed by atoms with van der Waals surface area (Å²) < 4.78 is 23.0. The predicted molar refractivity (Wildman–Crippen MR) is 72.0 cm³/mol. The first kappa shape index (κ1) is 14.6. The number of thiazole rings is 1. The SMILES string of the molecule is CCCNCc1sc(CS(=O)(=O)CC)nc1C. The molecule has 1 aromatic rings. The van der Waals surface area contributed by atoms with Crippen LogP contribution in [-0.4, -0.2) is 25.7 Å². The first-order valence-electron chi connectivity index (χ1n) is 5.84. The standard InChI is InChI=1S/C11H20N2O2S2/c1-4-6-12-7-10-9(3)13-11(16-10)8-17(14,15)5-2/h12H,4-8H2,1-3H3. The summed E-state index contributed by atoms with van der Waals surface area (Å²) in [6.45, 7) is 7.47. The summed E-state index contributed by atoms with van der Waals surface area (Å²) in [5, 5.41) is 4.01. The van der Waals surface area contributed by atoms with Crippen LogP contribution in [0.1, 0.15) is 35.8 Å². The van der Waals surface area contributed by atoms with Gasteiger partial charge in [0.2, 0.25) is 0 Å². The Morgan fingerprint density at radius 2 is 2.06 bits per heavy atom. The lowest BCUT2D eigenvalue weighted by molar-refractivity contribution is 0.596. The molecule has 0 spiro atoms. The molecule has 0 saturated carbocycles. The second-order valence-corrected chi connectivity index (χ2v) is 7.49. The highest BCUT2D eigenvalue weighted by Gasteiger charge is 2.14. The molecule has 0 amide bonds.